The SMILES string of the molecule is NC(=O)C(OC(=O)Cc1coc2cc3c(cc12)CCC3)c1ccccc1. The summed E-state index contributed by atoms with van der Waals surface area (Å²) in [4.78, 5) is 24.1. The molecule has 1 atom stereocenters. The number of fused-ring (bicyclic) bond motifs is 2. The number of primary amides is 1. The van der Waals surface area contributed by atoms with Crippen LogP contribution in [-0.4, -0.2) is 11.9 Å². The molecule has 26 heavy (non-hydrogen) atoms. The van der Waals surface area contributed by atoms with Gasteiger partial charge in [0.05, 0.1) is 12.7 Å². The predicted molar refractivity (Wildman–Crippen MR) is 96.4 cm³/mol. The number of hydrogen-bond donors (Lipinski definition) is 1. The van der Waals surface area contributed by atoms with Gasteiger partial charge in [0.1, 0.15) is 5.58 Å². The monoisotopic (exact) mass is 349 g/mol. The summed E-state index contributed by atoms with van der Waals surface area (Å²) in [6.07, 6.45) is 3.80. The van der Waals surface area contributed by atoms with Crippen molar-refractivity contribution in [1.29, 1.82) is 0 Å². The van der Waals surface area contributed by atoms with E-state index in [1.165, 1.54) is 11.1 Å². The van der Waals surface area contributed by atoms with Crippen LogP contribution in [0.3, 0.4) is 0 Å². The van der Waals surface area contributed by atoms with Crippen LogP contribution in [0, 0.1) is 0 Å². The molecule has 0 saturated heterocycles. The van der Waals surface area contributed by atoms with Crippen LogP contribution < -0.4 is 5.73 Å². The van der Waals surface area contributed by atoms with Gasteiger partial charge < -0.3 is 14.9 Å². The van der Waals surface area contributed by atoms with E-state index in [2.05, 4.69) is 12.1 Å². The standard InChI is InChI=1S/C21H19NO4/c22-21(24)20(13-5-2-1-3-6-13)26-19(23)11-16-12-25-18-10-15-8-4-7-14(15)9-17(16)18/h1-3,5-6,9-10,12,20H,4,7-8,11H2,(H2,22,24). The second-order valence-corrected chi connectivity index (χ2v) is 6.59. The average Bonchev–Trinajstić information content (AvgIpc) is 3.25. The van der Waals surface area contributed by atoms with Crippen LogP contribution in [0.5, 0.6) is 0 Å². The summed E-state index contributed by atoms with van der Waals surface area (Å²) in [6, 6.07) is 12.9. The summed E-state index contributed by atoms with van der Waals surface area (Å²) in [5.74, 6) is -1.21. The number of furan rings is 1. The molecule has 0 radical (unpaired) electrons. The van der Waals surface area contributed by atoms with Crippen LogP contribution in [-0.2, 0) is 33.6 Å². The lowest BCUT2D eigenvalue weighted by Crippen LogP contribution is -2.26. The summed E-state index contributed by atoms with van der Waals surface area (Å²) in [5, 5.41) is 0.929. The van der Waals surface area contributed by atoms with Gasteiger partial charge in [0.2, 0.25) is 6.10 Å². The number of rotatable bonds is 5. The lowest BCUT2D eigenvalue weighted by molar-refractivity contribution is -0.154. The Morgan fingerprint density at radius 2 is 1.85 bits per heavy atom. The van der Waals surface area contributed by atoms with Gasteiger partial charge >= 0.3 is 5.97 Å². The predicted octanol–water partition coefficient (Wildman–Crippen LogP) is 3.23. The number of carbonyl (C=O) groups excluding carboxylic acids is 2. The highest BCUT2D eigenvalue weighted by Crippen LogP contribution is 2.31. The zero-order chi connectivity index (χ0) is 18.1. The molecule has 0 fully saturated rings. The number of hydrogen-bond acceptors (Lipinski definition) is 4. The molecule has 0 saturated carbocycles. The van der Waals surface area contributed by atoms with E-state index in [1.807, 2.05) is 6.07 Å². The summed E-state index contributed by atoms with van der Waals surface area (Å²) in [5.41, 5.74) is 10.1. The molecule has 132 valence electrons. The maximum atomic E-state index is 12.4. The highest BCUT2D eigenvalue weighted by atomic mass is 16.5. The van der Waals surface area contributed by atoms with Crippen molar-refractivity contribution in [2.24, 2.45) is 5.73 Å². The average molecular weight is 349 g/mol. The van der Waals surface area contributed by atoms with E-state index in [0.717, 1.165) is 35.8 Å². The van der Waals surface area contributed by atoms with E-state index < -0.39 is 18.0 Å². The van der Waals surface area contributed by atoms with E-state index >= 15 is 0 Å². The largest absolute Gasteiger partial charge is 0.464 e. The first kappa shape index (κ1) is 16.4. The fraction of sp³-hybridized carbons (Fsp3) is 0.238. The Morgan fingerprint density at radius 1 is 1.12 bits per heavy atom. The Morgan fingerprint density at radius 3 is 2.58 bits per heavy atom. The highest BCUT2D eigenvalue weighted by Gasteiger charge is 2.23. The smallest absolute Gasteiger partial charge is 0.311 e. The van der Waals surface area contributed by atoms with Crippen LogP contribution in [0.1, 0.15) is 34.8 Å². The molecule has 4 rings (SSSR count). The van der Waals surface area contributed by atoms with Gasteiger partial charge in [-0.05, 0) is 42.5 Å². The molecule has 1 aliphatic carbocycles. The molecule has 2 aromatic carbocycles. The Labute approximate surface area is 150 Å². The van der Waals surface area contributed by atoms with E-state index in [0.29, 0.717) is 5.56 Å². The lowest BCUT2D eigenvalue weighted by Gasteiger charge is -2.14. The number of benzene rings is 2. The van der Waals surface area contributed by atoms with Crippen LogP contribution >= 0.6 is 0 Å². The van der Waals surface area contributed by atoms with Crippen molar-refractivity contribution in [2.75, 3.05) is 0 Å². The van der Waals surface area contributed by atoms with Gasteiger partial charge in [-0.1, -0.05) is 30.3 Å². The number of esters is 1. The Bertz CT molecular complexity index is 974. The van der Waals surface area contributed by atoms with Crippen LogP contribution in [0.4, 0.5) is 0 Å². The third-order valence-corrected chi connectivity index (χ3v) is 4.81. The first-order valence-corrected chi connectivity index (χ1v) is 8.67. The van der Waals surface area contributed by atoms with Gasteiger partial charge in [-0.15, -0.1) is 0 Å². The minimum absolute atomic E-state index is 0.0302. The molecule has 1 amide bonds. The quantitative estimate of drug-likeness (QED) is 0.717. The summed E-state index contributed by atoms with van der Waals surface area (Å²) in [6.45, 7) is 0. The lowest BCUT2D eigenvalue weighted by atomic mass is 10.0. The van der Waals surface area contributed by atoms with Gasteiger partial charge in [-0.3, -0.25) is 9.59 Å². The van der Waals surface area contributed by atoms with Gasteiger partial charge in [0, 0.05) is 16.5 Å². The molecule has 1 aromatic heterocycles. The van der Waals surface area contributed by atoms with Gasteiger partial charge in [-0.25, -0.2) is 0 Å². The molecule has 5 nitrogen and oxygen atoms in total. The Balaban J connectivity index is 1.54. The molecule has 0 spiro atoms. The summed E-state index contributed by atoms with van der Waals surface area (Å²) in [7, 11) is 0. The third-order valence-electron chi connectivity index (χ3n) is 4.81. The second kappa shape index (κ2) is 6.67. The Kier molecular flexibility index (Phi) is 4.21. The fourth-order valence-electron chi connectivity index (χ4n) is 3.53. The van der Waals surface area contributed by atoms with Crippen molar-refractivity contribution in [3.8, 4) is 0 Å². The van der Waals surface area contributed by atoms with Crippen molar-refractivity contribution in [2.45, 2.75) is 31.8 Å². The topological polar surface area (TPSA) is 82.5 Å². The second-order valence-electron chi connectivity index (χ2n) is 6.59. The molecule has 0 aliphatic heterocycles. The van der Waals surface area contributed by atoms with Crippen molar-refractivity contribution in [3.05, 3.63) is 71.0 Å². The molecule has 3 aromatic rings. The van der Waals surface area contributed by atoms with Crippen molar-refractivity contribution >= 4 is 22.8 Å². The number of nitrogens with two attached hydrogens (primary N) is 1. The zero-order valence-electron chi connectivity index (χ0n) is 14.2. The summed E-state index contributed by atoms with van der Waals surface area (Å²) < 4.78 is 11.0. The van der Waals surface area contributed by atoms with Crippen molar-refractivity contribution in [1.82, 2.24) is 0 Å². The molecule has 1 heterocycles. The minimum Gasteiger partial charge on any atom is -0.464 e. The van der Waals surface area contributed by atoms with E-state index in [-0.39, 0.29) is 6.42 Å². The van der Waals surface area contributed by atoms with Crippen molar-refractivity contribution < 1.29 is 18.7 Å². The molecule has 1 aliphatic rings. The van der Waals surface area contributed by atoms with Gasteiger partial charge in [0.15, 0.2) is 0 Å². The molecular weight excluding hydrogens is 330 g/mol. The van der Waals surface area contributed by atoms with E-state index in [4.69, 9.17) is 14.9 Å². The van der Waals surface area contributed by atoms with Crippen molar-refractivity contribution in [3.63, 3.8) is 0 Å². The van der Waals surface area contributed by atoms with Crippen LogP contribution in [0.2, 0.25) is 0 Å². The number of carbonyl (C=O) groups is 2. The minimum atomic E-state index is -1.09. The zero-order valence-corrected chi connectivity index (χ0v) is 14.2. The summed E-state index contributed by atoms with van der Waals surface area (Å²) >= 11 is 0. The number of aryl methyl sites for hydroxylation is 2. The first-order chi connectivity index (χ1) is 12.6. The van der Waals surface area contributed by atoms with Gasteiger partial charge in [-0.2, -0.15) is 0 Å². The fourth-order valence-corrected chi connectivity index (χ4v) is 3.53. The Hall–Kier alpha value is -3.08. The van der Waals surface area contributed by atoms with E-state index in [1.54, 1.807) is 30.5 Å². The molecule has 2 N–H and O–H groups in total. The maximum Gasteiger partial charge on any atom is 0.311 e. The molecule has 1 unspecified atom stereocenters. The number of ether oxygens (including phenoxy) is 1. The first-order valence-electron chi connectivity index (χ1n) is 8.67. The normalized spacial score (nSPS) is 14.2. The maximum absolute atomic E-state index is 12.4. The van der Waals surface area contributed by atoms with Crippen LogP contribution in [0.25, 0.3) is 11.0 Å². The molecule has 0 bridgehead atoms. The van der Waals surface area contributed by atoms with Crippen LogP contribution in [0.15, 0.2) is 53.1 Å². The molecule has 5 heteroatoms. The highest BCUT2D eigenvalue weighted by molar-refractivity contribution is 5.88. The number of amides is 1. The van der Waals surface area contributed by atoms with E-state index in [9.17, 15) is 9.59 Å². The third kappa shape index (κ3) is 3.08. The molecular formula is C21H19NO4. The van der Waals surface area contributed by atoms with Gasteiger partial charge in [0.25, 0.3) is 5.91 Å².